The first-order chi connectivity index (χ1) is 10.7. The van der Waals surface area contributed by atoms with Gasteiger partial charge in [-0.15, -0.1) is 0 Å². The number of hydrogen-bond acceptors (Lipinski definition) is 3. The first-order valence-electron chi connectivity index (χ1n) is 9.46. The minimum atomic E-state index is -0.591. The van der Waals surface area contributed by atoms with E-state index in [0.29, 0.717) is 42.8 Å². The lowest BCUT2D eigenvalue weighted by atomic mass is 9.44. The molecule has 0 radical (unpaired) electrons. The second-order valence-corrected chi connectivity index (χ2v) is 9.62. The van der Waals surface area contributed by atoms with Gasteiger partial charge in [-0.05, 0) is 67.6 Å². The van der Waals surface area contributed by atoms with Crippen LogP contribution in [0.4, 0.5) is 0 Å². The Labute approximate surface area is 139 Å². The molecule has 7 atom stereocenters. The van der Waals surface area contributed by atoms with Crippen LogP contribution in [0, 0.1) is 34.5 Å². The van der Waals surface area contributed by atoms with E-state index in [1.54, 1.807) is 0 Å². The zero-order chi connectivity index (χ0) is 16.6. The van der Waals surface area contributed by atoms with Crippen molar-refractivity contribution in [1.29, 1.82) is 0 Å². The third-order valence-electron chi connectivity index (χ3n) is 8.84. The fourth-order valence-electron chi connectivity index (χ4n) is 7.08. The Bertz CT molecular complexity index is 565. The zero-order valence-electron chi connectivity index (χ0n) is 14.7. The summed E-state index contributed by atoms with van der Waals surface area (Å²) in [7, 11) is 0. The molecule has 0 saturated heterocycles. The largest absolute Gasteiger partial charge is 0.390 e. The normalized spacial score (nSPS) is 56.0. The number of carbonyl (C=O) groups excluding carboxylic acids is 2. The number of carbonyl (C=O) groups is 2. The predicted octanol–water partition coefficient (Wildman–Crippen LogP) is 3.53. The van der Waals surface area contributed by atoms with Crippen LogP contribution in [-0.2, 0) is 9.59 Å². The second kappa shape index (κ2) is 4.68. The van der Waals surface area contributed by atoms with Crippen molar-refractivity contribution in [2.24, 2.45) is 34.5 Å². The van der Waals surface area contributed by atoms with Crippen molar-refractivity contribution >= 4 is 11.6 Å². The van der Waals surface area contributed by atoms with Gasteiger partial charge in [-0.1, -0.05) is 13.8 Å². The molecule has 0 aromatic heterocycles. The molecular formula is C20H30O3. The molecular weight excluding hydrogens is 288 g/mol. The third-order valence-corrected chi connectivity index (χ3v) is 8.84. The van der Waals surface area contributed by atoms with E-state index in [1.165, 1.54) is 0 Å². The smallest absolute Gasteiger partial charge is 0.137 e. The predicted molar refractivity (Wildman–Crippen MR) is 87.7 cm³/mol. The molecule has 3 heteroatoms. The Kier molecular flexibility index (Phi) is 3.22. The van der Waals surface area contributed by atoms with Gasteiger partial charge in [0, 0.05) is 25.2 Å². The molecule has 4 aliphatic carbocycles. The summed E-state index contributed by atoms with van der Waals surface area (Å²) in [5.41, 5.74) is -0.613. The lowest BCUT2D eigenvalue weighted by Crippen LogP contribution is -2.58. The van der Waals surface area contributed by atoms with Gasteiger partial charge in [0.2, 0.25) is 0 Å². The summed E-state index contributed by atoms with van der Waals surface area (Å²) in [6.45, 7) is 6.54. The van der Waals surface area contributed by atoms with Crippen molar-refractivity contribution < 1.29 is 14.7 Å². The molecule has 0 aliphatic heterocycles. The summed E-state index contributed by atoms with van der Waals surface area (Å²) in [4.78, 5) is 24.8. The van der Waals surface area contributed by atoms with E-state index in [4.69, 9.17) is 0 Å². The van der Waals surface area contributed by atoms with E-state index < -0.39 is 5.60 Å². The maximum absolute atomic E-state index is 12.9. The van der Waals surface area contributed by atoms with Crippen molar-refractivity contribution in [1.82, 2.24) is 0 Å². The summed E-state index contributed by atoms with van der Waals surface area (Å²) in [6.07, 6.45) is 6.78. The molecule has 0 bridgehead atoms. The van der Waals surface area contributed by atoms with Gasteiger partial charge in [0.25, 0.3) is 0 Å². The average Bonchev–Trinajstić information content (AvgIpc) is 2.72. The molecule has 0 spiro atoms. The van der Waals surface area contributed by atoms with Crippen LogP contribution in [0.3, 0.4) is 0 Å². The van der Waals surface area contributed by atoms with Gasteiger partial charge in [-0.2, -0.15) is 0 Å². The van der Waals surface area contributed by atoms with Crippen molar-refractivity contribution in [2.45, 2.75) is 77.7 Å². The number of fused-ring (bicyclic) bond motifs is 5. The van der Waals surface area contributed by atoms with Gasteiger partial charge in [0.05, 0.1) is 5.60 Å². The Balaban J connectivity index is 1.70. The summed E-state index contributed by atoms with van der Waals surface area (Å²) < 4.78 is 0. The fraction of sp³-hybridized carbons (Fsp3) is 0.900. The fourth-order valence-corrected chi connectivity index (χ4v) is 7.08. The van der Waals surface area contributed by atoms with Crippen molar-refractivity contribution in [3.8, 4) is 0 Å². The highest BCUT2D eigenvalue weighted by atomic mass is 16.3. The van der Waals surface area contributed by atoms with E-state index >= 15 is 0 Å². The van der Waals surface area contributed by atoms with Crippen LogP contribution in [0.2, 0.25) is 0 Å². The van der Waals surface area contributed by atoms with Crippen molar-refractivity contribution in [3.05, 3.63) is 0 Å². The van der Waals surface area contributed by atoms with Crippen LogP contribution in [0.5, 0.6) is 0 Å². The van der Waals surface area contributed by atoms with E-state index in [9.17, 15) is 14.7 Å². The number of rotatable bonds is 0. The second-order valence-electron chi connectivity index (χ2n) is 9.62. The Morgan fingerprint density at radius 2 is 1.65 bits per heavy atom. The molecule has 0 aromatic rings. The lowest BCUT2D eigenvalue weighted by molar-refractivity contribution is -0.166. The van der Waals surface area contributed by atoms with Crippen LogP contribution in [0.1, 0.15) is 72.1 Å². The molecule has 0 heterocycles. The topological polar surface area (TPSA) is 54.4 Å². The minimum Gasteiger partial charge on any atom is -0.390 e. The van der Waals surface area contributed by atoms with Gasteiger partial charge in [0.15, 0.2) is 0 Å². The van der Waals surface area contributed by atoms with Gasteiger partial charge >= 0.3 is 0 Å². The van der Waals surface area contributed by atoms with Crippen molar-refractivity contribution in [3.63, 3.8) is 0 Å². The molecule has 4 saturated carbocycles. The molecule has 0 aromatic carbocycles. The Morgan fingerprint density at radius 3 is 2.39 bits per heavy atom. The Hall–Kier alpha value is -0.700. The van der Waals surface area contributed by atoms with Gasteiger partial charge < -0.3 is 5.11 Å². The van der Waals surface area contributed by atoms with Crippen molar-refractivity contribution in [2.75, 3.05) is 0 Å². The standard InChI is InChI=1S/C20H30O3/c1-18-7-4-12(21)10-16(18)17(22)11-13-14(18)5-8-19(2)15(13)6-9-20(19,3)23/h13-16,23H,4-11H2,1-3H3/t13?,14?,15?,16-,18-,19+,20+/m0/s1. The number of aliphatic hydroxyl groups is 1. The first kappa shape index (κ1) is 15.8. The van der Waals surface area contributed by atoms with Crippen LogP contribution in [0.25, 0.3) is 0 Å². The molecule has 23 heavy (non-hydrogen) atoms. The highest BCUT2D eigenvalue weighted by Crippen LogP contribution is 2.67. The third kappa shape index (κ3) is 1.92. The van der Waals surface area contributed by atoms with E-state index in [2.05, 4.69) is 13.8 Å². The summed E-state index contributed by atoms with van der Waals surface area (Å²) in [6, 6.07) is 0. The highest BCUT2D eigenvalue weighted by molar-refractivity contribution is 5.90. The zero-order valence-corrected chi connectivity index (χ0v) is 14.7. The number of hydrogen-bond donors (Lipinski definition) is 1. The summed E-state index contributed by atoms with van der Waals surface area (Å²) in [5.74, 6) is 2.03. The molecule has 4 rings (SSSR count). The van der Waals surface area contributed by atoms with Crippen LogP contribution in [0.15, 0.2) is 0 Å². The SMILES string of the molecule is C[C@@]12CCC(=O)C[C@H]1C(=O)CC1C2CC[C@]2(C)C1CC[C@@]2(C)O. The number of Topliss-reactive ketones (excluding diaryl/α,β-unsaturated/α-hetero) is 2. The summed E-state index contributed by atoms with van der Waals surface area (Å²) >= 11 is 0. The van der Waals surface area contributed by atoms with Crippen LogP contribution < -0.4 is 0 Å². The summed E-state index contributed by atoms with van der Waals surface area (Å²) in [5, 5.41) is 10.9. The molecule has 1 N–H and O–H groups in total. The molecule has 4 fully saturated rings. The van der Waals surface area contributed by atoms with Gasteiger partial charge in [-0.3, -0.25) is 9.59 Å². The average molecular weight is 318 g/mol. The molecule has 0 amide bonds. The van der Waals surface area contributed by atoms with Gasteiger partial charge in [-0.25, -0.2) is 0 Å². The molecule has 4 aliphatic rings. The van der Waals surface area contributed by atoms with E-state index in [-0.39, 0.29) is 22.5 Å². The molecule has 3 unspecified atom stereocenters. The number of ketones is 2. The monoisotopic (exact) mass is 318 g/mol. The Morgan fingerprint density at radius 1 is 0.957 bits per heavy atom. The maximum Gasteiger partial charge on any atom is 0.137 e. The van der Waals surface area contributed by atoms with E-state index in [1.807, 2.05) is 6.92 Å². The minimum absolute atomic E-state index is 0.0175. The van der Waals surface area contributed by atoms with Crippen LogP contribution >= 0.6 is 0 Å². The maximum atomic E-state index is 12.9. The molecule has 3 nitrogen and oxygen atoms in total. The van der Waals surface area contributed by atoms with E-state index in [0.717, 1.165) is 32.1 Å². The highest BCUT2D eigenvalue weighted by Gasteiger charge is 2.64. The lowest BCUT2D eigenvalue weighted by Gasteiger charge is -2.60. The van der Waals surface area contributed by atoms with Gasteiger partial charge in [0.1, 0.15) is 11.6 Å². The first-order valence-corrected chi connectivity index (χ1v) is 9.46. The quantitative estimate of drug-likeness (QED) is 0.743. The van der Waals surface area contributed by atoms with Crippen LogP contribution in [-0.4, -0.2) is 22.3 Å². The molecule has 128 valence electrons.